The summed E-state index contributed by atoms with van der Waals surface area (Å²) in [6.07, 6.45) is -0.954. The maximum Gasteiger partial charge on any atom is 0.355 e. The van der Waals surface area contributed by atoms with Gasteiger partial charge in [0.25, 0.3) is 0 Å². The van der Waals surface area contributed by atoms with Gasteiger partial charge in [-0.2, -0.15) is 0 Å². The van der Waals surface area contributed by atoms with Crippen LogP contribution < -0.4 is 4.74 Å². The Labute approximate surface area is 146 Å². The van der Waals surface area contributed by atoms with Gasteiger partial charge in [-0.15, -0.1) is 0 Å². The van der Waals surface area contributed by atoms with Crippen molar-refractivity contribution in [3.8, 4) is 5.75 Å². The second-order valence-corrected chi connectivity index (χ2v) is 5.82. The maximum absolute atomic E-state index is 12.4. The summed E-state index contributed by atoms with van der Waals surface area (Å²) < 4.78 is 10.3. The molecule has 0 radical (unpaired) electrons. The number of rotatable bonds is 6. The lowest BCUT2D eigenvalue weighted by Gasteiger charge is -2.12. The number of methoxy groups -OCH3 is 1. The van der Waals surface area contributed by atoms with E-state index in [4.69, 9.17) is 9.47 Å². The zero-order chi connectivity index (χ0) is 18.7. The lowest BCUT2D eigenvalue weighted by molar-refractivity contribution is 0.0313. The number of ether oxygens (including phenoxy) is 2. The lowest BCUT2D eigenvalue weighted by atomic mass is 10.1. The summed E-state index contributed by atoms with van der Waals surface area (Å²) in [5.41, 5.74) is 2.22. The van der Waals surface area contributed by atoms with Crippen LogP contribution in [0.25, 0.3) is 0 Å². The average Bonchev–Trinajstić information content (AvgIpc) is 2.88. The van der Waals surface area contributed by atoms with Crippen LogP contribution in [0.15, 0.2) is 24.3 Å². The van der Waals surface area contributed by atoms with E-state index in [0.717, 1.165) is 0 Å². The number of nitrogens with one attached hydrogen (secondary N) is 1. The number of benzene rings is 1. The first-order valence-corrected chi connectivity index (χ1v) is 7.85. The largest absolute Gasteiger partial charge is 0.497 e. The number of aryl methyl sites for hydroxylation is 1. The van der Waals surface area contributed by atoms with Crippen molar-refractivity contribution in [1.29, 1.82) is 0 Å². The van der Waals surface area contributed by atoms with Crippen LogP contribution in [0.5, 0.6) is 5.75 Å². The predicted molar refractivity (Wildman–Crippen MR) is 92.5 cm³/mol. The summed E-state index contributed by atoms with van der Waals surface area (Å²) in [4.78, 5) is 39.3. The Morgan fingerprint density at radius 2 is 1.68 bits per heavy atom. The standard InChI is InChI=1S/C19H21NO5/c1-10-16(12(3)21)11(2)20-17(10)19(23)25-13(4)18(22)14-6-8-15(24-5)9-7-14/h6-9,13,20H,1-5H3/t13-/m0/s1. The number of Topliss-reactive ketones (excluding diaryl/α,β-unsaturated/α-hetero) is 2. The SMILES string of the molecule is COc1ccc(C(=O)[C@H](C)OC(=O)c2[nH]c(C)c(C(C)=O)c2C)cc1. The molecule has 25 heavy (non-hydrogen) atoms. The fraction of sp³-hybridized carbons (Fsp3) is 0.316. The van der Waals surface area contributed by atoms with Crippen molar-refractivity contribution in [2.75, 3.05) is 7.11 Å². The molecule has 2 rings (SSSR count). The van der Waals surface area contributed by atoms with Gasteiger partial charge in [0.05, 0.1) is 7.11 Å². The molecular formula is C19H21NO5. The van der Waals surface area contributed by atoms with Gasteiger partial charge in [-0.3, -0.25) is 9.59 Å². The van der Waals surface area contributed by atoms with Crippen LogP contribution in [0.1, 0.15) is 56.3 Å². The molecule has 0 aliphatic rings. The molecule has 1 heterocycles. The van der Waals surface area contributed by atoms with Gasteiger partial charge in [0.1, 0.15) is 11.4 Å². The highest BCUT2D eigenvalue weighted by Crippen LogP contribution is 2.20. The van der Waals surface area contributed by atoms with E-state index in [1.807, 2.05) is 0 Å². The number of H-pyrrole nitrogens is 1. The fourth-order valence-corrected chi connectivity index (χ4v) is 2.75. The second-order valence-electron chi connectivity index (χ2n) is 5.82. The number of aromatic nitrogens is 1. The first kappa shape index (κ1) is 18.4. The van der Waals surface area contributed by atoms with Crippen LogP contribution >= 0.6 is 0 Å². The molecule has 0 aliphatic heterocycles. The molecule has 2 aromatic rings. The van der Waals surface area contributed by atoms with Crippen LogP contribution in [0, 0.1) is 13.8 Å². The first-order valence-electron chi connectivity index (χ1n) is 7.85. The normalized spacial score (nSPS) is 11.7. The van der Waals surface area contributed by atoms with Gasteiger partial charge in [-0.05, 0) is 57.5 Å². The highest BCUT2D eigenvalue weighted by Gasteiger charge is 2.25. The minimum atomic E-state index is -0.954. The predicted octanol–water partition coefficient (Wildman–Crippen LogP) is 3.27. The molecule has 0 amide bonds. The van der Waals surface area contributed by atoms with Gasteiger partial charge in [0.15, 0.2) is 11.9 Å². The summed E-state index contributed by atoms with van der Waals surface area (Å²) in [7, 11) is 1.54. The Morgan fingerprint density at radius 1 is 1.08 bits per heavy atom. The molecule has 132 valence electrons. The zero-order valence-electron chi connectivity index (χ0n) is 14.9. The number of ketones is 2. The summed E-state index contributed by atoms with van der Waals surface area (Å²) >= 11 is 0. The average molecular weight is 343 g/mol. The van der Waals surface area contributed by atoms with E-state index in [1.54, 1.807) is 38.1 Å². The van der Waals surface area contributed by atoms with Crippen molar-refractivity contribution >= 4 is 17.5 Å². The molecule has 0 saturated carbocycles. The number of carbonyl (C=O) groups is 3. The number of esters is 1. The zero-order valence-corrected chi connectivity index (χ0v) is 14.9. The van der Waals surface area contributed by atoms with Gasteiger partial charge in [0.2, 0.25) is 5.78 Å². The van der Waals surface area contributed by atoms with E-state index in [2.05, 4.69) is 4.98 Å². The van der Waals surface area contributed by atoms with Gasteiger partial charge < -0.3 is 14.5 Å². The van der Waals surface area contributed by atoms with Crippen molar-refractivity contribution in [2.24, 2.45) is 0 Å². The number of hydrogen-bond acceptors (Lipinski definition) is 5. The molecular weight excluding hydrogens is 322 g/mol. The maximum atomic E-state index is 12.4. The molecule has 0 fully saturated rings. The number of hydrogen-bond donors (Lipinski definition) is 1. The van der Waals surface area contributed by atoms with Crippen molar-refractivity contribution in [2.45, 2.75) is 33.8 Å². The van der Waals surface area contributed by atoms with Gasteiger partial charge in [-0.1, -0.05) is 0 Å². The molecule has 1 aromatic carbocycles. The highest BCUT2D eigenvalue weighted by atomic mass is 16.5. The third kappa shape index (κ3) is 3.79. The topological polar surface area (TPSA) is 85.5 Å². The van der Waals surface area contributed by atoms with E-state index in [9.17, 15) is 14.4 Å². The number of carbonyl (C=O) groups excluding carboxylic acids is 3. The van der Waals surface area contributed by atoms with E-state index >= 15 is 0 Å². The van der Waals surface area contributed by atoms with Gasteiger partial charge in [0, 0.05) is 16.8 Å². The van der Waals surface area contributed by atoms with Crippen LogP contribution in [0.4, 0.5) is 0 Å². The second kappa shape index (κ2) is 7.34. The smallest absolute Gasteiger partial charge is 0.355 e. The van der Waals surface area contributed by atoms with Crippen molar-refractivity contribution in [3.63, 3.8) is 0 Å². The summed E-state index contributed by atoms with van der Waals surface area (Å²) in [6, 6.07) is 6.56. The monoisotopic (exact) mass is 343 g/mol. The summed E-state index contributed by atoms with van der Waals surface area (Å²) in [5, 5.41) is 0. The Bertz CT molecular complexity index is 817. The molecule has 0 bridgehead atoms. The molecule has 6 nitrogen and oxygen atoms in total. The highest BCUT2D eigenvalue weighted by molar-refractivity contribution is 6.03. The molecule has 0 aliphatic carbocycles. The fourth-order valence-electron chi connectivity index (χ4n) is 2.75. The Hall–Kier alpha value is -2.89. The van der Waals surface area contributed by atoms with Gasteiger partial charge in [-0.25, -0.2) is 4.79 Å². The third-order valence-electron chi connectivity index (χ3n) is 4.02. The van der Waals surface area contributed by atoms with Crippen molar-refractivity contribution < 1.29 is 23.9 Å². The van der Waals surface area contributed by atoms with Crippen LogP contribution in [-0.4, -0.2) is 35.7 Å². The molecule has 6 heteroatoms. The minimum absolute atomic E-state index is 0.132. The van der Waals surface area contributed by atoms with E-state index in [-0.39, 0.29) is 17.3 Å². The first-order chi connectivity index (χ1) is 11.8. The van der Waals surface area contributed by atoms with Crippen LogP contribution in [0.2, 0.25) is 0 Å². The van der Waals surface area contributed by atoms with Crippen LogP contribution in [0.3, 0.4) is 0 Å². The van der Waals surface area contributed by atoms with E-state index in [1.165, 1.54) is 21.0 Å². The molecule has 0 saturated heterocycles. The Kier molecular flexibility index (Phi) is 5.41. The molecule has 1 aromatic heterocycles. The van der Waals surface area contributed by atoms with Crippen molar-refractivity contribution in [3.05, 3.63) is 52.3 Å². The molecule has 0 spiro atoms. The summed E-state index contributed by atoms with van der Waals surface area (Å²) in [5.74, 6) is -0.478. The molecule has 0 unspecified atom stereocenters. The van der Waals surface area contributed by atoms with Crippen LogP contribution in [-0.2, 0) is 4.74 Å². The summed E-state index contributed by atoms with van der Waals surface area (Å²) in [6.45, 7) is 6.34. The Morgan fingerprint density at radius 3 is 2.16 bits per heavy atom. The Balaban J connectivity index is 2.15. The van der Waals surface area contributed by atoms with E-state index < -0.39 is 12.1 Å². The van der Waals surface area contributed by atoms with E-state index in [0.29, 0.717) is 28.1 Å². The lowest BCUT2D eigenvalue weighted by Crippen LogP contribution is -2.25. The molecule has 1 N–H and O–H groups in total. The minimum Gasteiger partial charge on any atom is -0.497 e. The van der Waals surface area contributed by atoms with Crippen molar-refractivity contribution in [1.82, 2.24) is 4.98 Å². The van der Waals surface area contributed by atoms with Gasteiger partial charge >= 0.3 is 5.97 Å². The quantitative estimate of drug-likeness (QED) is 0.643. The third-order valence-corrected chi connectivity index (χ3v) is 4.02. The molecule has 1 atom stereocenters. The number of aromatic amines is 1.